The van der Waals surface area contributed by atoms with Gasteiger partial charge >= 0.3 is 0 Å². The van der Waals surface area contributed by atoms with Gasteiger partial charge in [-0.25, -0.2) is 0 Å². The molecule has 4 heteroatoms. The lowest BCUT2D eigenvalue weighted by Crippen LogP contribution is -2.47. The molecule has 1 N–H and O–H groups in total. The zero-order valence-electron chi connectivity index (χ0n) is 10.6. The molecule has 1 rings (SSSR count). The van der Waals surface area contributed by atoms with Gasteiger partial charge in [-0.2, -0.15) is 0 Å². The van der Waals surface area contributed by atoms with Gasteiger partial charge in [0, 0.05) is 25.7 Å². The van der Waals surface area contributed by atoms with Crippen molar-refractivity contribution < 1.29 is 9.90 Å². The van der Waals surface area contributed by atoms with Gasteiger partial charge < -0.3 is 10.0 Å². The Hall–Kier alpha value is -0.610. The van der Waals surface area contributed by atoms with Crippen LogP contribution in [0.3, 0.4) is 0 Å². The number of carbonyl (C=O) groups excluding carboxylic acids is 1. The molecule has 0 spiro atoms. The summed E-state index contributed by atoms with van der Waals surface area (Å²) in [4.78, 5) is 16.4. The number of amides is 1. The maximum absolute atomic E-state index is 12.3. The SMILES string of the molecule is CCC(C)N1CCCN(C)C(CCO)C1=O. The fourth-order valence-electron chi connectivity index (χ4n) is 2.26. The van der Waals surface area contributed by atoms with Crippen LogP contribution >= 0.6 is 0 Å². The van der Waals surface area contributed by atoms with Crippen LogP contribution in [0.1, 0.15) is 33.1 Å². The van der Waals surface area contributed by atoms with E-state index in [4.69, 9.17) is 5.11 Å². The average molecular weight is 228 g/mol. The van der Waals surface area contributed by atoms with Crippen LogP contribution in [-0.2, 0) is 4.79 Å². The number of aliphatic hydroxyl groups excluding tert-OH is 1. The number of hydrogen-bond donors (Lipinski definition) is 1. The standard InChI is InChI=1S/C12H24N2O2/c1-4-10(2)14-8-5-7-13(3)11(6-9-15)12(14)16/h10-11,15H,4-9H2,1-3H3. The number of aliphatic hydroxyl groups is 1. The summed E-state index contributed by atoms with van der Waals surface area (Å²) < 4.78 is 0. The van der Waals surface area contributed by atoms with E-state index < -0.39 is 0 Å². The number of carbonyl (C=O) groups is 1. The summed E-state index contributed by atoms with van der Waals surface area (Å²) in [5, 5.41) is 9.03. The molecular weight excluding hydrogens is 204 g/mol. The molecular formula is C12H24N2O2. The minimum Gasteiger partial charge on any atom is -0.396 e. The van der Waals surface area contributed by atoms with Gasteiger partial charge in [0.25, 0.3) is 0 Å². The van der Waals surface area contributed by atoms with E-state index in [1.807, 2.05) is 11.9 Å². The largest absolute Gasteiger partial charge is 0.396 e. The van der Waals surface area contributed by atoms with E-state index in [0.29, 0.717) is 12.5 Å². The molecule has 1 aliphatic heterocycles. The zero-order chi connectivity index (χ0) is 12.1. The molecule has 0 aliphatic carbocycles. The zero-order valence-corrected chi connectivity index (χ0v) is 10.6. The summed E-state index contributed by atoms with van der Waals surface area (Å²) in [5.41, 5.74) is 0. The summed E-state index contributed by atoms with van der Waals surface area (Å²) in [7, 11) is 1.97. The lowest BCUT2D eigenvalue weighted by atomic mass is 10.1. The maximum Gasteiger partial charge on any atom is 0.240 e. The Morgan fingerprint density at radius 2 is 2.19 bits per heavy atom. The van der Waals surface area contributed by atoms with Crippen LogP contribution in [0.5, 0.6) is 0 Å². The van der Waals surface area contributed by atoms with Crippen molar-refractivity contribution >= 4 is 5.91 Å². The Morgan fingerprint density at radius 3 is 2.75 bits per heavy atom. The van der Waals surface area contributed by atoms with Gasteiger partial charge in [0.1, 0.15) is 0 Å². The Labute approximate surface area is 98.2 Å². The van der Waals surface area contributed by atoms with Crippen LogP contribution in [0.15, 0.2) is 0 Å². The third-order valence-electron chi connectivity index (χ3n) is 3.54. The van der Waals surface area contributed by atoms with Crippen LogP contribution < -0.4 is 0 Å². The Morgan fingerprint density at radius 1 is 1.50 bits per heavy atom. The van der Waals surface area contributed by atoms with Crippen molar-refractivity contribution in [3.63, 3.8) is 0 Å². The van der Waals surface area contributed by atoms with Crippen LogP contribution in [0.4, 0.5) is 0 Å². The van der Waals surface area contributed by atoms with Crippen molar-refractivity contribution in [1.29, 1.82) is 0 Å². The molecule has 1 amide bonds. The predicted molar refractivity (Wildman–Crippen MR) is 64.2 cm³/mol. The Bertz CT molecular complexity index is 229. The van der Waals surface area contributed by atoms with E-state index in [0.717, 1.165) is 25.9 Å². The molecule has 0 aromatic carbocycles. The van der Waals surface area contributed by atoms with Crippen molar-refractivity contribution in [3.8, 4) is 0 Å². The number of rotatable bonds is 4. The molecule has 2 unspecified atom stereocenters. The summed E-state index contributed by atoms with van der Waals surface area (Å²) >= 11 is 0. The van der Waals surface area contributed by atoms with Crippen LogP contribution in [0.2, 0.25) is 0 Å². The lowest BCUT2D eigenvalue weighted by Gasteiger charge is -2.31. The molecule has 4 nitrogen and oxygen atoms in total. The quantitative estimate of drug-likeness (QED) is 0.770. The molecule has 16 heavy (non-hydrogen) atoms. The molecule has 0 aromatic heterocycles. The smallest absolute Gasteiger partial charge is 0.240 e. The van der Waals surface area contributed by atoms with Crippen molar-refractivity contribution in [2.24, 2.45) is 0 Å². The monoisotopic (exact) mass is 228 g/mol. The minimum atomic E-state index is -0.138. The van der Waals surface area contributed by atoms with Crippen molar-refractivity contribution in [1.82, 2.24) is 9.80 Å². The fraction of sp³-hybridized carbons (Fsp3) is 0.917. The molecule has 0 saturated carbocycles. The second-order valence-corrected chi connectivity index (χ2v) is 4.65. The van der Waals surface area contributed by atoms with E-state index in [-0.39, 0.29) is 18.6 Å². The molecule has 1 saturated heterocycles. The number of hydrogen-bond acceptors (Lipinski definition) is 3. The fourth-order valence-corrected chi connectivity index (χ4v) is 2.26. The van der Waals surface area contributed by atoms with Crippen LogP contribution in [0, 0.1) is 0 Å². The van der Waals surface area contributed by atoms with E-state index in [1.165, 1.54) is 0 Å². The molecule has 0 aromatic rings. The highest BCUT2D eigenvalue weighted by molar-refractivity contribution is 5.82. The average Bonchev–Trinajstić information content (AvgIpc) is 2.41. The molecule has 0 radical (unpaired) electrons. The second-order valence-electron chi connectivity index (χ2n) is 4.65. The van der Waals surface area contributed by atoms with Crippen molar-refractivity contribution in [2.75, 3.05) is 26.7 Å². The first-order valence-corrected chi connectivity index (χ1v) is 6.23. The van der Waals surface area contributed by atoms with E-state index in [9.17, 15) is 4.79 Å². The molecule has 0 bridgehead atoms. The molecule has 1 heterocycles. The summed E-state index contributed by atoms with van der Waals surface area (Å²) in [5.74, 6) is 0.184. The molecule has 1 fully saturated rings. The summed E-state index contributed by atoms with van der Waals surface area (Å²) in [6.07, 6.45) is 2.55. The van der Waals surface area contributed by atoms with Gasteiger partial charge in [-0.15, -0.1) is 0 Å². The highest BCUT2D eigenvalue weighted by Crippen LogP contribution is 2.16. The van der Waals surface area contributed by atoms with Gasteiger partial charge in [0.15, 0.2) is 0 Å². The van der Waals surface area contributed by atoms with Crippen molar-refractivity contribution in [3.05, 3.63) is 0 Å². The van der Waals surface area contributed by atoms with E-state index in [2.05, 4.69) is 18.7 Å². The third-order valence-corrected chi connectivity index (χ3v) is 3.54. The number of likely N-dealkylation sites (N-methyl/N-ethyl adjacent to an activating group) is 1. The maximum atomic E-state index is 12.3. The predicted octanol–water partition coefficient (Wildman–Crippen LogP) is 0.700. The van der Waals surface area contributed by atoms with E-state index >= 15 is 0 Å². The first kappa shape index (κ1) is 13.5. The molecule has 94 valence electrons. The Balaban J connectivity index is 2.77. The first-order chi connectivity index (χ1) is 7.61. The van der Waals surface area contributed by atoms with Gasteiger partial charge in [0.05, 0.1) is 6.04 Å². The number of nitrogens with zero attached hydrogens (tertiary/aromatic N) is 2. The normalized spacial score (nSPS) is 25.6. The van der Waals surface area contributed by atoms with Gasteiger partial charge in [0.2, 0.25) is 5.91 Å². The van der Waals surface area contributed by atoms with Crippen LogP contribution in [-0.4, -0.2) is 59.6 Å². The molecule has 1 aliphatic rings. The topological polar surface area (TPSA) is 43.8 Å². The molecule has 2 atom stereocenters. The summed E-state index contributed by atoms with van der Waals surface area (Å²) in [6, 6.07) is 0.168. The lowest BCUT2D eigenvalue weighted by molar-refractivity contribution is -0.137. The third kappa shape index (κ3) is 2.95. The summed E-state index contributed by atoms with van der Waals surface area (Å²) in [6.45, 7) is 6.06. The van der Waals surface area contributed by atoms with E-state index in [1.54, 1.807) is 0 Å². The van der Waals surface area contributed by atoms with Crippen molar-refractivity contribution in [2.45, 2.75) is 45.2 Å². The minimum absolute atomic E-state index is 0.0785. The van der Waals surface area contributed by atoms with Crippen LogP contribution in [0.25, 0.3) is 0 Å². The van der Waals surface area contributed by atoms with Gasteiger partial charge in [-0.3, -0.25) is 9.69 Å². The Kier molecular flexibility index (Phi) is 5.22. The van der Waals surface area contributed by atoms with Gasteiger partial charge in [-0.1, -0.05) is 6.92 Å². The highest BCUT2D eigenvalue weighted by Gasteiger charge is 2.31. The first-order valence-electron chi connectivity index (χ1n) is 6.23. The highest BCUT2D eigenvalue weighted by atomic mass is 16.3. The van der Waals surface area contributed by atoms with Gasteiger partial charge in [-0.05, 0) is 33.2 Å². The second kappa shape index (κ2) is 6.21.